The number of aliphatic hydroxyl groups is 2. The van der Waals surface area contributed by atoms with Crippen LogP contribution >= 0.6 is 0 Å². The fraction of sp³-hybridized carbons (Fsp3) is 0.750. The van der Waals surface area contributed by atoms with Gasteiger partial charge < -0.3 is 29.5 Å². The molecule has 3 unspecified atom stereocenters. The van der Waals surface area contributed by atoms with Crippen molar-refractivity contribution in [3.63, 3.8) is 0 Å². The topological polar surface area (TPSA) is 299 Å². The maximum atomic E-state index is 11.5. The standard InChI is InChI=1S/C12H19NO18S3/c14-5-1-4(2-28-33(21,22)23)29-12(7(5)13-32(18,19)20)30-9-8(15)6(31-34(24,25)26)3-27-10(9)11(16)17/h4-8,12-15H,1-3H2,(H,16,17)(H,18,19,20)(H,21,22,23)(H,24,25,26)/t4?,5-,6?,7?,8+,12+/m1/s1. The van der Waals surface area contributed by atoms with Crippen LogP contribution in [0.25, 0.3) is 0 Å². The highest BCUT2D eigenvalue weighted by molar-refractivity contribution is 7.83. The first-order valence-corrected chi connectivity index (χ1v) is 12.8. The lowest BCUT2D eigenvalue weighted by Crippen LogP contribution is -2.59. The van der Waals surface area contributed by atoms with Gasteiger partial charge in [0.1, 0.15) is 24.9 Å². The van der Waals surface area contributed by atoms with Crippen molar-refractivity contribution in [1.82, 2.24) is 4.72 Å². The molecule has 2 aliphatic heterocycles. The van der Waals surface area contributed by atoms with Crippen molar-refractivity contribution in [2.45, 2.75) is 43.2 Å². The van der Waals surface area contributed by atoms with E-state index in [1.165, 1.54) is 4.72 Å². The van der Waals surface area contributed by atoms with Crippen molar-refractivity contribution in [1.29, 1.82) is 0 Å². The van der Waals surface area contributed by atoms with Crippen LogP contribution in [0.5, 0.6) is 0 Å². The van der Waals surface area contributed by atoms with Crippen molar-refractivity contribution in [3.8, 4) is 0 Å². The highest BCUT2D eigenvalue weighted by Gasteiger charge is 2.46. The van der Waals surface area contributed by atoms with Crippen LogP contribution in [-0.4, -0.2) is 110 Å². The number of hydrogen-bond donors (Lipinski definition) is 7. The molecule has 0 aromatic carbocycles. The van der Waals surface area contributed by atoms with Crippen molar-refractivity contribution in [2.24, 2.45) is 0 Å². The van der Waals surface area contributed by atoms with Crippen LogP contribution in [0.2, 0.25) is 0 Å². The lowest BCUT2D eigenvalue weighted by Gasteiger charge is -2.40. The minimum Gasteiger partial charge on any atom is -0.481 e. The predicted molar refractivity (Wildman–Crippen MR) is 99.4 cm³/mol. The lowest BCUT2D eigenvalue weighted by atomic mass is 10.0. The van der Waals surface area contributed by atoms with Gasteiger partial charge in [0, 0.05) is 6.42 Å². The van der Waals surface area contributed by atoms with Gasteiger partial charge in [0.15, 0.2) is 5.76 Å². The molecule has 2 aliphatic rings. The molecule has 1 saturated heterocycles. The van der Waals surface area contributed by atoms with Gasteiger partial charge in [0.05, 0.1) is 18.8 Å². The highest BCUT2D eigenvalue weighted by Crippen LogP contribution is 2.30. The summed E-state index contributed by atoms with van der Waals surface area (Å²) in [6.45, 7) is -1.87. The van der Waals surface area contributed by atoms with Crippen LogP contribution < -0.4 is 4.72 Å². The van der Waals surface area contributed by atoms with E-state index in [1.807, 2.05) is 0 Å². The largest absolute Gasteiger partial charge is 0.481 e. The Labute approximate surface area is 191 Å². The summed E-state index contributed by atoms with van der Waals surface area (Å²) in [6.07, 6.45) is -10.2. The van der Waals surface area contributed by atoms with Gasteiger partial charge in [-0.1, -0.05) is 0 Å². The lowest BCUT2D eigenvalue weighted by molar-refractivity contribution is -0.229. The number of carboxylic acid groups (broad SMARTS) is 1. The van der Waals surface area contributed by atoms with Crippen LogP contribution in [0.4, 0.5) is 0 Å². The zero-order valence-electron chi connectivity index (χ0n) is 16.4. The molecule has 0 aliphatic carbocycles. The van der Waals surface area contributed by atoms with Gasteiger partial charge in [-0.15, -0.1) is 0 Å². The fourth-order valence-corrected chi connectivity index (χ4v) is 4.30. The Morgan fingerprint density at radius 1 is 1.06 bits per heavy atom. The molecular formula is C12H19NO18S3. The Balaban J connectivity index is 2.40. The second kappa shape index (κ2) is 10.5. The van der Waals surface area contributed by atoms with Crippen LogP contribution in [0.15, 0.2) is 11.5 Å². The Hall–Kier alpha value is -1.70. The molecule has 34 heavy (non-hydrogen) atoms. The molecule has 7 N–H and O–H groups in total. The molecule has 1 fully saturated rings. The fourth-order valence-electron chi connectivity index (χ4n) is 2.89. The first kappa shape index (κ1) is 28.5. The van der Waals surface area contributed by atoms with Gasteiger partial charge in [0.25, 0.3) is 0 Å². The molecule has 6 atom stereocenters. The van der Waals surface area contributed by atoms with Crippen molar-refractivity contribution >= 4 is 37.1 Å². The van der Waals surface area contributed by atoms with Gasteiger partial charge in [-0.3, -0.25) is 13.7 Å². The maximum Gasteiger partial charge on any atom is 0.397 e. The molecule has 0 amide bonds. The van der Waals surface area contributed by atoms with E-state index in [2.05, 4.69) is 8.37 Å². The Kier molecular flexibility index (Phi) is 8.82. The number of carbonyl (C=O) groups is 1. The monoisotopic (exact) mass is 561 g/mol. The predicted octanol–water partition coefficient (Wildman–Crippen LogP) is -4.07. The molecule has 0 saturated carbocycles. The van der Waals surface area contributed by atoms with Crippen molar-refractivity contribution in [3.05, 3.63) is 11.5 Å². The van der Waals surface area contributed by atoms with Crippen LogP contribution in [0.3, 0.4) is 0 Å². The molecule has 19 nitrogen and oxygen atoms in total. The van der Waals surface area contributed by atoms with Gasteiger partial charge in [-0.05, 0) is 0 Å². The third kappa shape index (κ3) is 8.51. The summed E-state index contributed by atoms with van der Waals surface area (Å²) in [4.78, 5) is 11.5. The van der Waals surface area contributed by atoms with Crippen LogP contribution in [0.1, 0.15) is 6.42 Å². The first-order chi connectivity index (χ1) is 15.4. The summed E-state index contributed by atoms with van der Waals surface area (Å²) in [7, 11) is -15.2. The van der Waals surface area contributed by atoms with E-state index in [1.54, 1.807) is 0 Å². The highest BCUT2D eigenvalue weighted by atomic mass is 32.3. The smallest absolute Gasteiger partial charge is 0.397 e. The van der Waals surface area contributed by atoms with E-state index in [0.717, 1.165) is 0 Å². The number of hydrogen-bond acceptors (Lipinski definition) is 14. The molecular weight excluding hydrogens is 542 g/mol. The summed E-state index contributed by atoms with van der Waals surface area (Å²) in [5, 5.41) is 29.8. The maximum absolute atomic E-state index is 11.5. The molecule has 22 heteroatoms. The average Bonchev–Trinajstić information content (AvgIpc) is 2.63. The Morgan fingerprint density at radius 3 is 2.18 bits per heavy atom. The van der Waals surface area contributed by atoms with E-state index in [9.17, 15) is 45.4 Å². The minimum absolute atomic E-state index is 0.569. The number of ether oxygens (including phenoxy) is 3. The summed E-state index contributed by atoms with van der Waals surface area (Å²) < 4.78 is 117. The molecule has 0 spiro atoms. The van der Waals surface area contributed by atoms with E-state index in [4.69, 9.17) is 27.9 Å². The summed E-state index contributed by atoms with van der Waals surface area (Å²) in [5.74, 6) is -4.13. The number of aliphatic hydroxyl groups excluding tert-OH is 2. The van der Waals surface area contributed by atoms with Crippen molar-refractivity contribution < 1.29 is 81.6 Å². The van der Waals surface area contributed by atoms with Gasteiger partial charge >= 0.3 is 37.1 Å². The third-order valence-corrected chi connectivity index (χ3v) is 5.64. The summed E-state index contributed by atoms with van der Waals surface area (Å²) in [5.41, 5.74) is 0. The second-order valence-electron chi connectivity index (χ2n) is 6.70. The van der Waals surface area contributed by atoms with E-state index >= 15 is 0 Å². The van der Waals surface area contributed by atoms with Gasteiger partial charge in [-0.25, -0.2) is 13.2 Å². The molecule has 198 valence electrons. The summed E-state index contributed by atoms with van der Waals surface area (Å²) in [6, 6.07) is -1.92. The Bertz CT molecular complexity index is 1110. The number of carboxylic acids is 1. The Morgan fingerprint density at radius 2 is 1.68 bits per heavy atom. The quantitative estimate of drug-likeness (QED) is 0.125. The second-order valence-corrected chi connectivity index (χ2v) is 10.0. The van der Waals surface area contributed by atoms with E-state index in [-0.39, 0.29) is 0 Å². The third-order valence-electron chi connectivity index (χ3n) is 4.15. The zero-order valence-corrected chi connectivity index (χ0v) is 18.8. The number of rotatable bonds is 10. The number of aliphatic carboxylic acids is 1. The van der Waals surface area contributed by atoms with Crippen LogP contribution in [0, 0.1) is 0 Å². The van der Waals surface area contributed by atoms with Gasteiger partial charge in [0.2, 0.25) is 12.0 Å². The summed E-state index contributed by atoms with van der Waals surface area (Å²) >= 11 is 0. The molecule has 2 rings (SSSR count). The SMILES string of the molecule is O=C(O)C1=C(O[C@@H]2OC(COS(=O)(=O)O)C[C@@H](O)C2NS(=O)(=O)O)[C@@H](O)C(OS(=O)(=O)O)CO1. The normalized spacial score (nSPS) is 31.1. The van der Waals surface area contributed by atoms with Crippen molar-refractivity contribution in [2.75, 3.05) is 13.2 Å². The molecule has 0 radical (unpaired) electrons. The first-order valence-electron chi connectivity index (χ1n) is 8.67. The van der Waals surface area contributed by atoms with Gasteiger partial charge in [-0.2, -0.15) is 30.0 Å². The molecule has 0 aromatic heterocycles. The minimum atomic E-state index is -5.18. The zero-order chi connectivity index (χ0) is 26.1. The average molecular weight is 561 g/mol. The van der Waals surface area contributed by atoms with E-state index in [0.29, 0.717) is 0 Å². The molecule has 0 bridgehead atoms. The molecule has 2 heterocycles. The number of nitrogens with one attached hydrogen (secondary N) is 1. The van der Waals surface area contributed by atoms with Crippen LogP contribution in [-0.2, 0) is 58.5 Å². The van der Waals surface area contributed by atoms with E-state index < -0.39 is 105 Å². The molecule has 0 aromatic rings.